The van der Waals surface area contributed by atoms with Crippen LogP contribution in [0.15, 0.2) is 18.2 Å². The van der Waals surface area contributed by atoms with E-state index in [1.807, 2.05) is 0 Å². The van der Waals surface area contributed by atoms with E-state index in [1.54, 1.807) is 6.07 Å². The van der Waals surface area contributed by atoms with E-state index in [9.17, 15) is 14.5 Å². The predicted octanol–water partition coefficient (Wildman–Crippen LogP) is 1.64. The predicted molar refractivity (Wildman–Crippen MR) is 63.7 cm³/mol. The number of nitro benzene ring substituents is 1. The largest absolute Gasteiger partial charge is 0.381 e. The number of nitrogens with two attached hydrogens (primary N) is 1. The molecule has 0 radical (unpaired) electrons. The molecule has 0 spiro atoms. The average Bonchev–Trinajstić information content (AvgIpc) is 2.32. The van der Waals surface area contributed by atoms with E-state index >= 15 is 0 Å². The zero-order valence-corrected chi connectivity index (χ0v) is 9.84. The summed E-state index contributed by atoms with van der Waals surface area (Å²) in [6.07, 6.45) is 1.37. The highest BCUT2D eigenvalue weighted by molar-refractivity contribution is 5.35. The molecule has 0 aliphatic carbocycles. The van der Waals surface area contributed by atoms with Gasteiger partial charge in [-0.1, -0.05) is 6.07 Å². The molecule has 2 rings (SSSR count). The van der Waals surface area contributed by atoms with Gasteiger partial charge in [-0.05, 0) is 24.5 Å². The van der Waals surface area contributed by atoms with E-state index in [2.05, 4.69) is 0 Å². The highest BCUT2D eigenvalue weighted by Crippen LogP contribution is 2.22. The third-order valence-electron chi connectivity index (χ3n) is 3.24. The first kappa shape index (κ1) is 12.9. The summed E-state index contributed by atoms with van der Waals surface area (Å²) in [7, 11) is 0. The third kappa shape index (κ3) is 2.83. The molecule has 1 aromatic carbocycles. The van der Waals surface area contributed by atoms with Crippen molar-refractivity contribution in [3.8, 4) is 0 Å². The van der Waals surface area contributed by atoms with Crippen LogP contribution in [0, 0.1) is 21.8 Å². The van der Waals surface area contributed by atoms with Crippen LogP contribution >= 0.6 is 0 Å². The molecule has 1 saturated heterocycles. The van der Waals surface area contributed by atoms with Crippen LogP contribution in [0.3, 0.4) is 0 Å². The molecule has 18 heavy (non-hydrogen) atoms. The van der Waals surface area contributed by atoms with E-state index in [-0.39, 0.29) is 12.0 Å². The molecule has 2 N–H and O–H groups in total. The van der Waals surface area contributed by atoms with Crippen LogP contribution in [0.25, 0.3) is 0 Å². The summed E-state index contributed by atoms with van der Waals surface area (Å²) in [5.74, 6) is -0.664. The van der Waals surface area contributed by atoms with E-state index in [0.717, 1.165) is 6.42 Å². The Kier molecular flexibility index (Phi) is 3.88. The summed E-state index contributed by atoms with van der Waals surface area (Å²) in [5, 5.41) is 10.5. The second kappa shape index (κ2) is 5.41. The van der Waals surface area contributed by atoms with Crippen molar-refractivity contribution in [3.05, 3.63) is 39.7 Å². The smallest absolute Gasteiger partial charge is 0.304 e. The lowest BCUT2D eigenvalue weighted by molar-refractivity contribution is -0.387. The van der Waals surface area contributed by atoms with Gasteiger partial charge in [0.2, 0.25) is 5.82 Å². The van der Waals surface area contributed by atoms with Crippen LogP contribution in [0.4, 0.5) is 10.1 Å². The number of ether oxygens (including phenoxy) is 1. The second-order valence-corrected chi connectivity index (χ2v) is 4.53. The molecular weight excluding hydrogens is 239 g/mol. The maximum atomic E-state index is 13.4. The first-order valence-electron chi connectivity index (χ1n) is 5.84. The van der Waals surface area contributed by atoms with Gasteiger partial charge in [0.1, 0.15) is 0 Å². The van der Waals surface area contributed by atoms with Gasteiger partial charge in [-0.15, -0.1) is 0 Å². The van der Waals surface area contributed by atoms with E-state index in [1.165, 1.54) is 12.1 Å². The lowest BCUT2D eigenvalue weighted by Crippen LogP contribution is -2.39. The Morgan fingerprint density at radius 1 is 1.56 bits per heavy atom. The second-order valence-electron chi connectivity index (χ2n) is 4.53. The molecule has 0 amide bonds. The SMILES string of the molecule is NC1CCOCC1Cc1ccc([N+](=O)[O-])c(F)c1. The minimum absolute atomic E-state index is 0.0389. The molecule has 1 aliphatic rings. The number of benzene rings is 1. The van der Waals surface area contributed by atoms with Gasteiger partial charge in [-0.2, -0.15) is 4.39 Å². The molecule has 2 unspecified atom stereocenters. The van der Waals surface area contributed by atoms with Gasteiger partial charge in [-0.3, -0.25) is 10.1 Å². The lowest BCUT2D eigenvalue weighted by atomic mass is 9.90. The Balaban J connectivity index is 2.10. The molecule has 98 valence electrons. The molecule has 1 heterocycles. The summed E-state index contributed by atoms with van der Waals surface area (Å²) < 4.78 is 18.8. The van der Waals surface area contributed by atoms with Crippen molar-refractivity contribution in [1.29, 1.82) is 0 Å². The Morgan fingerprint density at radius 3 is 2.94 bits per heavy atom. The number of rotatable bonds is 3. The first-order chi connectivity index (χ1) is 8.58. The molecule has 5 nitrogen and oxygen atoms in total. The minimum Gasteiger partial charge on any atom is -0.381 e. The summed E-state index contributed by atoms with van der Waals surface area (Å²) in [6, 6.07) is 4.01. The van der Waals surface area contributed by atoms with Gasteiger partial charge in [0.15, 0.2) is 0 Å². The Hall–Kier alpha value is -1.53. The van der Waals surface area contributed by atoms with Crippen LogP contribution in [0.5, 0.6) is 0 Å². The Labute approximate surface area is 104 Å². The van der Waals surface area contributed by atoms with Crippen LogP contribution < -0.4 is 5.73 Å². The highest BCUT2D eigenvalue weighted by atomic mass is 19.1. The Morgan fingerprint density at radius 2 is 2.33 bits per heavy atom. The normalized spacial score (nSPS) is 23.9. The van der Waals surface area contributed by atoms with E-state index in [0.29, 0.717) is 25.2 Å². The number of halogens is 1. The standard InChI is InChI=1S/C12H15FN2O3/c13-10-6-8(1-2-12(10)15(16)17)5-9-7-18-4-3-11(9)14/h1-2,6,9,11H,3-5,7,14H2. The number of hydrogen-bond donors (Lipinski definition) is 1. The van der Waals surface area contributed by atoms with Gasteiger partial charge < -0.3 is 10.5 Å². The van der Waals surface area contributed by atoms with Crippen LogP contribution in [0.1, 0.15) is 12.0 Å². The average molecular weight is 254 g/mol. The quantitative estimate of drug-likeness (QED) is 0.657. The van der Waals surface area contributed by atoms with Crippen LogP contribution in [0.2, 0.25) is 0 Å². The van der Waals surface area contributed by atoms with E-state index in [4.69, 9.17) is 10.5 Å². The van der Waals surface area contributed by atoms with Gasteiger partial charge in [0.05, 0.1) is 11.5 Å². The number of nitrogens with zero attached hydrogens (tertiary/aromatic N) is 1. The summed E-state index contributed by atoms with van der Waals surface area (Å²) in [6.45, 7) is 1.21. The molecule has 1 fully saturated rings. The van der Waals surface area contributed by atoms with Crippen LogP contribution in [-0.2, 0) is 11.2 Å². The zero-order valence-electron chi connectivity index (χ0n) is 9.84. The maximum Gasteiger partial charge on any atom is 0.304 e. The van der Waals surface area contributed by atoms with Gasteiger partial charge in [-0.25, -0.2) is 0 Å². The number of hydrogen-bond acceptors (Lipinski definition) is 4. The zero-order chi connectivity index (χ0) is 13.1. The van der Waals surface area contributed by atoms with Crippen LogP contribution in [-0.4, -0.2) is 24.2 Å². The van der Waals surface area contributed by atoms with Crippen molar-refractivity contribution < 1.29 is 14.1 Å². The maximum absolute atomic E-state index is 13.4. The van der Waals surface area contributed by atoms with Crippen molar-refractivity contribution in [2.45, 2.75) is 18.9 Å². The van der Waals surface area contributed by atoms with Crippen molar-refractivity contribution >= 4 is 5.69 Å². The molecule has 0 aromatic heterocycles. The van der Waals surface area contributed by atoms with Crippen molar-refractivity contribution in [2.24, 2.45) is 11.7 Å². The molecular formula is C12H15FN2O3. The molecule has 2 atom stereocenters. The molecule has 6 heteroatoms. The fourth-order valence-corrected chi connectivity index (χ4v) is 2.15. The molecule has 0 saturated carbocycles. The molecule has 0 bridgehead atoms. The van der Waals surface area contributed by atoms with Gasteiger partial charge in [0, 0.05) is 24.6 Å². The van der Waals surface area contributed by atoms with Gasteiger partial charge in [0.25, 0.3) is 0 Å². The van der Waals surface area contributed by atoms with Gasteiger partial charge >= 0.3 is 5.69 Å². The molecule has 1 aromatic rings. The van der Waals surface area contributed by atoms with Crippen molar-refractivity contribution in [2.75, 3.05) is 13.2 Å². The molecule has 1 aliphatic heterocycles. The van der Waals surface area contributed by atoms with E-state index < -0.39 is 16.4 Å². The monoisotopic (exact) mass is 254 g/mol. The fraction of sp³-hybridized carbons (Fsp3) is 0.500. The number of nitro groups is 1. The van der Waals surface area contributed by atoms with Crippen molar-refractivity contribution in [1.82, 2.24) is 0 Å². The Bertz CT molecular complexity index is 453. The summed E-state index contributed by atoms with van der Waals surface area (Å²) in [4.78, 5) is 9.77. The highest BCUT2D eigenvalue weighted by Gasteiger charge is 2.23. The topological polar surface area (TPSA) is 78.4 Å². The summed E-state index contributed by atoms with van der Waals surface area (Å²) in [5.41, 5.74) is 6.18. The lowest BCUT2D eigenvalue weighted by Gasteiger charge is -2.28. The first-order valence-corrected chi connectivity index (χ1v) is 5.84. The van der Waals surface area contributed by atoms with Crippen molar-refractivity contribution in [3.63, 3.8) is 0 Å². The summed E-state index contributed by atoms with van der Waals surface area (Å²) >= 11 is 0. The minimum atomic E-state index is -0.803. The fourth-order valence-electron chi connectivity index (χ4n) is 2.15. The third-order valence-corrected chi connectivity index (χ3v) is 3.24.